The van der Waals surface area contributed by atoms with Crippen LogP contribution in [-0.2, 0) is 4.79 Å². The lowest BCUT2D eigenvalue weighted by atomic mass is 9.76. The Labute approximate surface area is 125 Å². The van der Waals surface area contributed by atoms with Gasteiger partial charge in [0.2, 0.25) is 5.91 Å². The van der Waals surface area contributed by atoms with Crippen LogP contribution in [0.15, 0.2) is 11.6 Å². The summed E-state index contributed by atoms with van der Waals surface area (Å²) in [6.07, 6.45) is 6.86. The molecule has 1 aliphatic rings. The number of allylic oxidation sites excluding steroid dienone is 2. The molecule has 0 bridgehead atoms. The first-order valence-electron chi connectivity index (χ1n) is 8.20. The molecule has 20 heavy (non-hydrogen) atoms. The normalized spacial score (nSPS) is 16.7. The lowest BCUT2D eigenvalue weighted by molar-refractivity contribution is -0.133. The highest BCUT2D eigenvalue weighted by Gasteiger charge is 2.35. The van der Waals surface area contributed by atoms with Crippen LogP contribution in [0.3, 0.4) is 0 Å². The van der Waals surface area contributed by atoms with Gasteiger partial charge in [-0.15, -0.1) is 0 Å². The number of nitrogens with zero attached hydrogens (tertiary/aromatic N) is 1. The van der Waals surface area contributed by atoms with Gasteiger partial charge in [0.15, 0.2) is 0 Å². The van der Waals surface area contributed by atoms with Gasteiger partial charge in [0.05, 0.1) is 0 Å². The van der Waals surface area contributed by atoms with E-state index >= 15 is 0 Å². The summed E-state index contributed by atoms with van der Waals surface area (Å²) in [7, 11) is 0. The molecular formula is C18H33NO. The molecule has 2 heteroatoms. The molecule has 0 aliphatic heterocycles. The van der Waals surface area contributed by atoms with Gasteiger partial charge in [0.25, 0.3) is 0 Å². The number of rotatable bonds is 8. The molecule has 0 spiro atoms. The Morgan fingerprint density at radius 2 is 1.95 bits per heavy atom. The molecule has 116 valence electrons. The maximum absolute atomic E-state index is 12.2. The predicted molar refractivity (Wildman–Crippen MR) is 86.6 cm³/mol. The highest BCUT2D eigenvalue weighted by atomic mass is 16.2. The number of amides is 1. The number of carbonyl (C=O) groups is 1. The van der Waals surface area contributed by atoms with E-state index < -0.39 is 0 Å². The molecule has 0 aromatic carbocycles. The lowest BCUT2D eigenvalue weighted by Gasteiger charge is -2.35. The van der Waals surface area contributed by atoms with Crippen LogP contribution < -0.4 is 0 Å². The van der Waals surface area contributed by atoms with Gasteiger partial charge in [-0.25, -0.2) is 0 Å². The van der Waals surface area contributed by atoms with Crippen LogP contribution in [0.2, 0.25) is 0 Å². The van der Waals surface area contributed by atoms with Crippen molar-refractivity contribution in [3.8, 4) is 0 Å². The van der Waals surface area contributed by atoms with E-state index in [1.54, 1.807) is 0 Å². The SMILES string of the molecule is CCN(CC(C)C(C)(C)CCC=C(C)C)C(=O)C1CC1. The molecule has 0 N–H and O–H groups in total. The second-order valence-corrected chi connectivity index (χ2v) is 7.36. The Morgan fingerprint density at radius 3 is 2.40 bits per heavy atom. The first-order valence-corrected chi connectivity index (χ1v) is 8.20. The van der Waals surface area contributed by atoms with E-state index in [-0.39, 0.29) is 5.41 Å². The topological polar surface area (TPSA) is 20.3 Å². The zero-order valence-electron chi connectivity index (χ0n) is 14.3. The average molecular weight is 279 g/mol. The molecule has 1 saturated carbocycles. The van der Waals surface area contributed by atoms with Gasteiger partial charge in [0, 0.05) is 19.0 Å². The van der Waals surface area contributed by atoms with Crippen LogP contribution in [0.25, 0.3) is 0 Å². The van der Waals surface area contributed by atoms with Crippen molar-refractivity contribution in [2.45, 2.75) is 67.2 Å². The largest absolute Gasteiger partial charge is 0.342 e. The monoisotopic (exact) mass is 279 g/mol. The van der Waals surface area contributed by atoms with Gasteiger partial charge in [0.1, 0.15) is 0 Å². The average Bonchev–Trinajstić information content (AvgIpc) is 3.18. The summed E-state index contributed by atoms with van der Waals surface area (Å²) in [6.45, 7) is 15.1. The van der Waals surface area contributed by atoms with Crippen LogP contribution in [0.5, 0.6) is 0 Å². The van der Waals surface area contributed by atoms with Crippen molar-refractivity contribution in [1.82, 2.24) is 4.90 Å². The molecule has 1 fully saturated rings. The van der Waals surface area contributed by atoms with E-state index in [0.29, 0.717) is 17.7 Å². The Kier molecular flexibility index (Phi) is 6.29. The van der Waals surface area contributed by atoms with Gasteiger partial charge in [-0.3, -0.25) is 4.79 Å². The molecule has 1 rings (SSSR count). The summed E-state index contributed by atoms with van der Waals surface area (Å²) in [6, 6.07) is 0. The smallest absolute Gasteiger partial charge is 0.225 e. The van der Waals surface area contributed by atoms with Gasteiger partial charge in [-0.1, -0.05) is 32.4 Å². The highest BCUT2D eigenvalue weighted by molar-refractivity contribution is 5.81. The van der Waals surface area contributed by atoms with Gasteiger partial charge in [-0.05, 0) is 57.8 Å². The van der Waals surface area contributed by atoms with Gasteiger partial charge >= 0.3 is 0 Å². The van der Waals surface area contributed by atoms with E-state index in [1.165, 1.54) is 12.0 Å². The minimum absolute atomic E-state index is 0.281. The second kappa shape index (κ2) is 7.28. The van der Waals surface area contributed by atoms with E-state index in [9.17, 15) is 4.79 Å². The van der Waals surface area contributed by atoms with Crippen molar-refractivity contribution >= 4 is 5.91 Å². The molecule has 0 saturated heterocycles. The Morgan fingerprint density at radius 1 is 1.35 bits per heavy atom. The molecule has 0 aromatic heterocycles. The van der Waals surface area contributed by atoms with E-state index in [2.05, 4.69) is 52.5 Å². The fraction of sp³-hybridized carbons (Fsp3) is 0.833. The molecule has 1 unspecified atom stereocenters. The first kappa shape index (κ1) is 17.3. The summed E-state index contributed by atoms with van der Waals surface area (Å²) in [5.74, 6) is 1.27. The summed E-state index contributed by atoms with van der Waals surface area (Å²) in [4.78, 5) is 14.3. The van der Waals surface area contributed by atoms with Crippen molar-refractivity contribution in [3.63, 3.8) is 0 Å². The molecule has 0 heterocycles. The van der Waals surface area contributed by atoms with Crippen molar-refractivity contribution in [3.05, 3.63) is 11.6 Å². The summed E-state index contributed by atoms with van der Waals surface area (Å²) in [5.41, 5.74) is 1.68. The van der Waals surface area contributed by atoms with E-state index in [4.69, 9.17) is 0 Å². The number of carbonyl (C=O) groups excluding carboxylic acids is 1. The summed E-state index contributed by atoms with van der Waals surface area (Å²) >= 11 is 0. The van der Waals surface area contributed by atoms with Crippen molar-refractivity contribution in [1.29, 1.82) is 0 Å². The molecular weight excluding hydrogens is 246 g/mol. The minimum Gasteiger partial charge on any atom is -0.342 e. The maximum Gasteiger partial charge on any atom is 0.225 e. The molecule has 1 amide bonds. The zero-order chi connectivity index (χ0) is 15.3. The molecule has 1 aliphatic carbocycles. The standard InChI is InChI=1S/C18H33NO/c1-7-19(17(20)16-10-11-16)13-15(4)18(5,6)12-8-9-14(2)3/h9,15-16H,7-8,10-13H2,1-6H3. The third-order valence-electron chi connectivity index (χ3n) is 4.79. The van der Waals surface area contributed by atoms with Crippen molar-refractivity contribution in [2.24, 2.45) is 17.3 Å². The van der Waals surface area contributed by atoms with E-state index in [0.717, 1.165) is 32.4 Å². The van der Waals surface area contributed by atoms with Crippen molar-refractivity contribution in [2.75, 3.05) is 13.1 Å². The quantitative estimate of drug-likeness (QED) is 0.592. The van der Waals surface area contributed by atoms with Crippen LogP contribution >= 0.6 is 0 Å². The zero-order valence-corrected chi connectivity index (χ0v) is 14.3. The van der Waals surface area contributed by atoms with Crippen LogP contribution in [0.4, 0.5) is 0 Å². The van der Waals surface area contributed by atoms with Crippen molar-refractivity contribution < 1.29 is 4.79 Å². The molecule has 2 nitrogen and oxygen atoms in total. The minimum atomic E-state index is 0.281. The highest BCUT2D eigenvalue weighted by Crippen LogP contribution is 2.35. The summed E-state index contributed by atoms with van der Waals surface area (Å²) in [5, 5.41) is 0. The Hall–Kier alpha value is -0.790. The molecule has 1 atom stereocenters. The molecule has 0 aromatic rings. The number of hydrogen-bond donors (Lipinski definition) is 0. The van der Waals surface area contributed by atoms with Crippen LogP contribution in [0, 0.1) is 17.3 Å². The summed E-state index contributed by atoms with van der Waals surface area (Å²) < 4.78 is 0. The maximum atomic E-state index is 12.2. The fourth-order valence-electron chi connectivity index (χ4n) is 2.52. The first-order chi connectivity index (χ1) is 9.27. The van der Waals surface area contributed by atoms with Crippen LogP contribution in [0.1, 0.15) is 67.2 Å². The van der Waals surface area contributed by atoms with Gasteiger partial charge < -0.3 is 4.90 Å². The Bertz CT molecular complexity index is 348. The fourth-order valence-corrected chi connectivity index (χ4v) is 2.52. The molecule has 0 radical (unpaired) electrons. The lowest BCUT2D eigenvalue weighted by Crippen LogP contribution is -2.39. The number of hydrogen-bond acceptors (Lipinski definition) is 1. The second-order valence-electron chi connectivity index (χ2n) is 7.36. The van der Waals surface area contributed by atoms with E-state index in [1.807, 2.05) is 0 Å². The third-order valence-corrected chi connectivity index (χ3v) is 4.79. The predicted octanol–water partition coefficient (Wildman–Crippen LogP) is 4.65. The van der Waals surface area contributed by atoms with Crippen LogP contribution in [-0.4, -0.2) is 23.9 Å². The third kappa shape index (κ3) is 5.30. The van der Waals surface area contributed by atoms with Gasteiger partial charge in [-0.2, -0.15) is 0 Å². The Balaban J connectivity index is 2.50.